The van der Waals surface area contributed by atoms with Crippen LogP contribution in [0.15, 0.2) is 78.4 Å². The van der Waals surface area contributed by atoms with Crippen LogP contribution in [0.2, 0.25) is 5.02 Å². The Morgan fingerprint density at radius 1 is 1.03 bits per heavy atom. The molecule has 0 bridgehead atoms. The third-order valence-corrected chi connectivity index (χ3v) is 6.62. The number of H-pyrrole nitrogens is 1. The van der Waals surface area contributed by atoms with Gasteiger partial charge in [0.25, 0.3) is 11.7 Å². The number of nitrogens with one attached hydrogen (secondary N) is 1. The number of fused-ring (bicyclic) bond motifs is 1. The van der Waals surface area contributed by atoms with Crippen molar-refractivity contribution in [1.29, 1.82) is 0 Å². The van der Waals surface area contributed by atoms with Crippen molar-refractivity contribution in [2.24, 2.45) is 0 Å². The van der Waals surface area contributed by atoms with Gasteiger partial charge in [-0.05, 0) is 49.2 Å². The lowest BCUT2D eigenvalue weighted by Gasteiger charge is -2.26. The summed E-state index contributed by atoms with van der Waals surface area (Å²) in [5, 5.41) is 12.6. The number of hydrogen-bond acceptors (Lipinski definition) is 3. The molecule has 34 heavy (non-hydrogen) atoms. The van der Waals surface area contributed by atoms with Gasteiger partial charge in [-0.15, -0.1) is 0 Å². The first-order chi connectivity index (χ1) is 16.4. The number of halogens is 1. The van der Waals surface area contributed by atoms with E-state index in [1.165, 1.54) is 4.90 Å². The Balaban J connectivity index is 1.80. The number of aliphatic hydroxyl groups excluding tert-OH is 1. The second kappa shape index (κ2) is 8.50. The molecular formula is C28H23ClN2O3. The molecule has 1 aromatic heterocycles. The number of nitrogens with zero attached hydrogens (tertiary/aromatic N) is 1. The summed E-state index contributed by atoms with van der Waals surface area (Å²) in [5.41, 5.74) is 4.63. The van der Waals surface area contributed by atoms with E-state index < -0.39 is 17.7 Å². The van der Waals surface area contributed by atoms with Gasteiger partial charge in [0, 0.05) is 38.4 Å². The van der Waals surface area contributed by atoms with Crippen LogP contribution in [0.5, 0.6) is 0 Å². The Morgan fingerprint density at radius 2 is 1.76 bits per heavy atom. The summed E-state index contributed by atoms with van der Waals surface area (Å²) in [6, 6.07) is 21.2. The van der Waals surface area contributed by atoms with Crippen molar-refractivity contribution in [2.45, 2.75) is 26.3 Å². The third kappa shape index (κ3) is 3.49. The number of para-hydroxylation sites is 1. The van der Waals surface area contributed by atoms with Crippen molar-refractivity contribution >= 4 is 45.6 Å². The van der Waals surface area contributed by atoms with Crippen molar-refractivity contribution in [3.8, 4) is 0 Å². The zero-order valence-corrected chi connectivity index (χ0v) is 19.6. The van der Waals surface area contributed by atoms with Crippen molar-refractivity contribution in [3.63, 3.8) is 0 Å². The van der Waals surface area contributed by atoms with Crippen molar-refractivity contribution in [2.75, 3.05) is 4.90 Å². The first kappa shape index (κ1) is 22.0. The molecule has 1 atom stereocenters. The van der Waals surface area contributed by atoms with Gasteiger partial charge in [0.1, 0.15) is 5.76 Å². The molecule has 0 radical (unpaired) electrons. The number of Topliss-reactive ketones (excluding diaryl/α,β-unsaturated/α-hetero) is 1. The Hall–Kier alpha value is -3.83. The zero-order valence-electron chi connectivity index (χ0n) is 18.8. The molecule has 2 N–H and O–H groups in total. The highest BCUT2D eigenvalue weighted by Gasteiger charge is 2.48. The lowest BCUT2D eigenvalue weighted by atomic mass is 9.93. The molecule has 170 valence electrons. The Morgan fingerprint density at radius 3 is 2.47 bits per heavy atom. The fourth-order valence-corrected chi connectivity index (χ4v) is 4.90. The van der Waals surface area contributed by atoms with E-state index in [0.717, 1.165) is 34.1 Å². The van der Waals surface area contributed by atoms with E-state index in [1.54, 1.807) is 24.3 Å². The number of aryl methyl sites for hydroxylation is 2. The second-order valence-electron chi connectivity index (χ2n) is 8.41. The Kier molecular flexibility index (Phi) is 5.50. The molecule has 1 aliphatic heterocycles. The number of carbonyl (C=O) groups excluding carboxylic acids is 2. The third-order valence-electron chi connectivity index (χ3n) is 6.38. The van der Waals surface area contributed by atoms with E-state index in [9.17, 15) is 14.7 Å². The van der Waals surface area contributed by atoms with E-state index in [4.69, 9.17) is 11.6 Å². The predicted molar refractivity (Wildman–Crippen MR) is 135 cm³/mol. The van der Waals surface area contributed by atoms with E-state index >= 15 is 0 Å². The standard InChI is InChI=1S/C28H23ClN2O3/c1-3-17-11-13-20(14-12-17)31-25(23-16(2)30-22-10-5-4-9-21(22)23)24(27(33)28(31)34)26(32)18-7-6-8-19(29)15-18/h4-15,25,30,32H,3H2,1-2H3/b26-24+. The minimum absolute atomic E-state index is 0.0414. The molecular weight excluding hydrogens is 448 g/mol. The summed E-state index contributed by atoms with van der Waals surface area (Å²) < 4.78 is 0. The summed E-state index contributed by atoms with van der Waals surface area (Å²) in [6.07, 6.45) is 0.860. The number of aromatic nitrogens is 1. The van der Waals surface area contributed by atoms with Crippen molar-refractivity contribution in [1.82, 2.24) is 4.98 Å². The second-order valence-corrected chi connectivity index (χ2v) is 8.85. The van der Waals surface area contributed by atoms with E-state index in [-0.39, 0.29) is 11.3 Å². The van der Waals surface area contributed by atoms with Crippen LogP contribution < -0.4 is 4.90 Å². The maximum atomic E-state index is 13.4. The summed E-state index contributed by atoms with van der Waals surface area (Å²) in [4.78, 5) is 31.7. The van der Waals surface area contributed by atoms with Crippen LogP contribution in [0, 0.1) is 6.92 Å². The maximum Gasteiger partial charge on any atom is 0.300 e. The summed E-state index contributed by atoms with van der Waals surface area (Å²) in [7, 11) is 0. The minimum Gasteiger partial charge on any atom is -0.507 e. The van der Waals surface area contributed by atoms with Gasteiger partial charge >= 0.3 is 0 Å². The van der Waals surface area contributed by atoms with E-state index in [1.807, 2.05) is 55.5 Å². The topological polar surface area (TPSA) is 73.4 Å². The van der Waals surface area contributed by atoms with Gasteiger partial charge in [0.2, 0.25) is 0 Å². The largest absolute Gasteiger partial charge is 0.507 e. The van der Waals surface area contributed by atoms with Gasteiger partial charge in [-0.2, -0.15) is 0 Å². The molecule has 5 nitrogen and oxygen atoms in total. The van der Waals surface area contributed by atoms with Gasteiger partial charge in [0.05, 0.1) is 11.6 Å². The molecule has 0 spiro atoms. The molecule has 1 saturated heterocycles. The van der Waals surface area contributed by atoms with E-state index in [2.05, 4.69) is 11.9 Å². The molecule has 1 fully saturated rings. The maximum absolute atomic E-state index is 13.4. The Bertz CT molecular complexity index is 1470. The number of anilines is 1. The fourth-order valence-electron chi connectivity index (χ4n) is 4.71. The highest BCUT2D eigenvalue weighted by molar-refractivity contribution is 6.52. The predicted octanol–water partition coefficient (Wildman–Crippen LogP) is 6.32. The fraction of sp³-hybridized carbons (Fsp3) is 0.143. The van der Waals surface area contributed by atoms with Crippen molar-refractivity contribution in [3.05, 3.63) is 106 Å². The van der Waals surface area contributed by atoms with Crippen LogP contribution >= 0.6 is 11.6 Å². The van der Waals surface area contributed by atoms with Gasteiger partial charge in [-0.1, -0.05) is 61.0 Å². The van der Waals surface area contributed by atoms with Crippen LogP contribution in [0.3, 0.4) is 0 Å². The first-order valence-corrected chi connectivity index (χ1v) is 11.5. The van der Waals surface area contributed by atoms with Gasteiger partial charge < -0.3 is 10.1 Å². The smallest absolute Gasteiger partial charge is 0.300 e. The number of ketones is 1. The van der Waals surface area contributed by atoms with Crippen LogP contribution in [-0.4, -0.2) is 21.8 Å². The summed E-state index contributed by atoms with van der Waals surface area (Å²) >= 11 is 6.15. The number of aromatic amines is 1. The van der Waals surface area contributed by atoms with E-state index in [0.29, 0.717) is 16.3 Å². The quantitative estimate of drug-likeness (QED) is 0.208. The Labute approximate surface area is 202 Å². The lowest BCUT2D eigenvalue weighted by Crippen LogP contribution is -2.29. The summed E-state index contributed by atoms with van der Waals surface area (Å²) in [5.74, 6) is -1.66. The average Bonchev–Trinajstić information content (AvgIpc) is 3.31. The summed E-state index contributed by atoms with van der Waals surface area (Å²) in [6.45, 7) is 3.97. The normalized spacial score (nSPS) is 17.6. The minimum atomic E-state index is -0.803. The molecule has 1 unspecified atom stereocenters. The lowest BCUT2D eigenvalue weighted by molar-refractivity contribution is -0.132. The SMILES string of the molecule is CCc1ccc(N2C(=O)C(=O)/C(=C(/O)c3cccc(Cl)c3)C2c2c(C)[nH]c3ccccc23)cc1. The highest BCUT2D eigenvalue weighted by atomic mass is 35.5. The molecule has 6 heteroatoms. The monoisotopic (exact) mass is 470 g/mol. The van der Waals surface area contributed by atoms with Crippen LogP contribution in [0.25, 0.3) is 16.7 Å². The average molecular weight is 471 g/mol. The van der Waals surface area contributed by atoms with Crippen molar-refractivity contribution < 1.29 is 14.7 Å². The van der Waals surface area contributed by atoms with Crippen LogP contribution in [0.4, 0.5) is 5.69 Å². The number of amides is 1. The molecule has 2 heterocycles. The highest BCUT2D eigenvalue weighted by Crippen LogP contribution is 2.45. The molecule has 1 aliphatic rings. The first-order valence-electron chi connectivity index (χ1n) is 11.1. The number of rotatable bonds is 4. The molecule has 0 aliphatic carbocycles. The van der Waals surface area contributed by atoms with Gasteiger partial charge in [0.15, 0.2) is 0 Å². The van der Waals surface area contributed by atoms with Crippen LogP contribution in [-0.2, 0) is 16.0 Å². The zero-order chi connectivity index (χ0) is 24.0. The number of carbonyl (C=O) groups is 2. The number of aliphatic hydroxyl groups is 1. The molecule has 0 saturated carbocycles. The van der Waals surface area contributed by atoms with Crippen LogP contribution in [0.1, 0.15) is 35.3 Å². The molecule has 4 aromatic rings. The van der Waals surface area contributed by atoms with Gasteiger partial charge in [-0.25, -0.2) is 0 Å². The molecule has 1 amide bonds. The number of benzene rings is 3. The number of hydrogen-bond donors (Lipinski definition) is 2. The van der Waals surface area contributed by atoms with Gasteiger partial charge in [-0.3, -0.25) is 14.5 Å². The molecule has 5 rings (SSSR count). The molecule has 3 aromatic carbocycles.